The van der Waals surface area contributed by atoms with Crippen molar-refractivity contribution in [1.29, 1.82) is 0 Å². The molecule has 0 spiro atoms. The molecule has 0 saturated carbocycles. The lowest BCUT2D eigenvalue weighted by Crippen LogP contribution is -2.32. The first-order chi connectivity index (χ1) is 5.16. The van der Waals surface area contributed by atoms with E-state index in [1.54, 1.807) is 0 Å². The Labute approximate surface area is 73.7 Å². The Bertz CT molecular complexity index is 127. The fourth-order valence-electron chi connectivity index (χ4n) is 0.515. The first-order valence-corrected chi connectivity index (χ1v) is 5.17. The molecule has 6 heteroatoms. The van der Waals surface area contributed by atoms with Crippen LogP contribution in [0.25, 0.3) is 0 Å². The number of nitrogens with one attached hydrogen (secondary N) is 1. The van der Waals surface area contributed by atoms with Gasteiger partial charge in [-0.2, -0.15) is 0 Å². The van der Waals surface area contributed by atoms with Crippen LogP contribution in [0.15, 0.2) is 0 Å². The number of alkyl halides is 1. The molecular weight excluding hydrogens is 182 g/mol. The molecule has 0 fully saturated rings. The molecule has 0 saturated heterocycles. The quantitative estimate of drug-likeness (QED) is 0.366. The number of amides is 1. The highest BCUT2D eigenvalue weighted by Gasteiger charge is 2.01. The minimum absolute atomic E-state index is 0.0362. The van der Waals surface area contributed by atoms with Gasteiger partial charge in [-0.25, -0.2) is 0 Å². The first-order valence-electron chi connectivity index (χ1n) is 3.35. The van der Waals surface area contributed by atoms with Crippen molar-refractivity contribution >= 4 is 34.8 Å². The van der Waals surface area contributed by atoms with Crippen LogP contribution < -0.4 is 5.32 Å². The van der Waals surface area contributed by atoms with Gasteiger partial charge in [0, 0.05) is 11.4 Å². The predicted molar refractivity (Wildman–Crippen MR) is 53.5 cm³/mol. The lowest BCUT2D eigenvalue weighted by molar-refractivity contribution is -0.118. The van der Waals surface area contributed by atoms with Gasteiger partial charge < -0.3 is 5.32 Å². The maximum absolute atomic E-state index is 11.5. The zero-order valence-corrected chi connectivity index (χ0v) is 8.44. The summed E-state index contributed by atoms with van der Waals surface area (Å²) >= 11 is 1.31. The molecule has 0 rings (SSSR count). The van der Waals surface area contributed by atoms with Gasteiger partial charge in [-0.15, -0.1) is 21.0 Å². The fourth-order valence-corrected chi connectivity index (χ4v) is 1.22. The number of thioether (sulfide) groups is 1. The Balaban J connectivity index is 3.23. The van der Waals surface area contributed by atoms with E-state index in [0.29, 0.717) is 11.5 Å². The summed E-state index contributed by atoms with van der Waals surface area (Å²) < 4.78 is 11.5. The van der Waals surface area contributed by atoms with Crippen molar-refractivity contribution in [3.63, 3.8) is 0 Å². The van der Waals surface area contributed by atoms with Gasteiger partial charge in [-0.3, -0.25) is 9.18 Å². The van der Waals surface area contributed by atoms with Crippen LogP contribution in [-0.2, 0) is 4.79 Å². The molecule has 0 bridgehead atoms. The molecule has 0 aliphatic rings. The third-order valence-corrected chi connectivity index (χ3v) is 1.92. The van der Waals surface area contributed by atoms with E-state index in [0.717, 1.165) is 0 Å². The van der Waals surface area contributed by atoms with Gasteiger partial charge in [0.15, 0.2) is 0 Å². The van der Waals surface area contributed by atoms with Crippen molar-refractivity contribution in [3.8, 4) is 0 Å². The normalized spacial score (nSPS) is 12.5. The third-order valence-electron chi connectivity index (χ3n) is 0.843. The lowest BCUT2D eigenvalue weighted by Gasteiger charge is -2.06. The molecule has 64 valence electrons. The molecule has 2 nitrogen and oxygen atoms in total. The van der Waals surface area contributed by atoms with E-state index in [1.165, 1.54) is 11.8 Å². The number of carbonyl (C=O) groups is 1. The Kier molecular flexibility index (Phi) is 7.08. The standard InChI is InChI=1S/C5H12BFNOPS/c6-5(10)8-4(9)3-11-2-1-7/h5H,1-3,6,10H2,(H,8,9)/i7-1. The minimum atomic E-state index is -0.367. The van der Waals surface area contributed by atoms with Gasteiger partial charge in [0.25, 0.3) is 0 Å². The topological polar surface area (TPSA) is 29.1 Å². The molecule has 0 heterocycles. The monoisotopic (exact) mass is 194 g/mol. The Morgan fingerprint density at radius 3 is 2.91 bits per heavy atom. The maximum atomic E-state index is 11.5. The number of rotatable bonds is 5. The van der Waals surface area contributed by atoms with E-state index >= 15 is 0 Å². The number of hydrogen-bond acceptors (Lipinski definition) is 2. The minimum Gasteiger partial charge on any atom is -0.357 e. The maximum Gasteiger partial charge on any atom is 0.229 e. The first kappa shape index (κ1) is 11.2. The van der Waals surface area contributed by atoms with E-state index in [-0.39, 0.29) is 18.3 Å². The van der Waals surface area contributed by atoms with E-state index in [1.807, 2.05) is 7.85 Å². The summed E-state index contributed by atoms with van der Waals surface area (Å²) in [7, 11) is 4.33. The molecule has 1 amide bonds. The lowest BCUT2D eigenvalue weighted by atomic mass is 10.1. The molecule has 0 aliphatic carbocycles. The number of hydrogen-bond donors (Lipinski definition) is 1. The van der Waals surface area contributed by atoms with Crippen LogP contribution in [0.5, 0.6) is 0 Å². The van der Waals surface area contributed by atoms with E-state index < -0.39 is 0 Å². The highest BCUT2D eigenvalue weighted by Crippen LogP contribution is 1.99. The van der Waals surface area contributed by atoms with E-state index in [9.17, 15) is 9.18 Å². The molecule has 1 N–H and O–H groups in total. The van der Waals surface area contributed by atoms with E-state index in [4.69, 9.17) is 0 Å². The second kappa shape index (κ2) is 6.92. The molecule has 2 unspecified atom stereocenters. The smallest absolute Gasteiger partial charge is 0.229 e. The van der Waals surface area contributed by atoms with Crippen LogP contribution in [0.2, 0.25) is 0 Å². The number of carbonyl (C=O) groups excluding carboxylic acids is 1. The molecule has 11 heavy (non-hydrogen) atoms. The van der Waals surface area contributed by atoms with Crippen molar-refractivity contribution < 1.29 is 9.18 Å². The Morgan fingerprint density at radius 2 is 2.45 bits per heavy atom. The summed E-state index contributed by atoms with van der Waals surface area (Å²) in [6.07, 6.45) is 0. The summed E-state index contributed by atoms with van der Waals surface area (Å²) in [5, 5.41) is 2.68. The fraction of sp³-hybridized carbons (Fsp3) is 0.800. The predicted octanol–water partition coefficient (Wildman–Crippen LogP) is -0.403. The average Bonchev–Trinajstić information content (AvgIpc) is 1.86. The van der Waals surface area contributed by atoms with Gasteiger partial charge in [-0.1, -0.05) is 0 Å². The molecule has 0 aromatic heterocycles. The zero-order chi connectivity index (χ0) is 8.69. The second-order valence-corrected chi connectivity index (χ2v) is 4.20. The van der Waals surface area contributed by atoms with Crippen molar-refractivity contribution in [2.24, 2.45) is 0 Å². The van der Waals surface area contributed by atoms with Crippen LogP contribution >= 0.6 is 21.0 Å². The van der Waals surface area contributed by atoms with Gasteiger partial charge in [0.1, 0.15) is 7.85 Å². The van der Waals surface area contributed by atoms with E-state index in [2.05, 4.69) is 14.6 Å². The summed E-state index contributed by atoms with van der Waals surface area (Å²) in [6.45, 7) is -0.367. The third kappa shape index (κ3) is 8.15. The van der Waals surface area contributed by atoms with Crippen molar-refractivity contribution in [2.45, 2.75) is 5.68 Å². The summed E-state index contributed by atoms with van der Waals surface area (Å²) in [5.74, 6) is 0.715. The van der Waals surface area contributed by atoms with Crippen LogP contribution in [0.3, 0.4) is 0 Å². The summed E-state index contributed by atoms with van der Waals surface area (Å²) in [5.41, 5.74) is 0.0912. The number of halogens is 1. The second-order valence-electron chi connectivity index (χ2n) is 2.10. The van der Waals surface area contributed by atoms with Crippen molar-refractivity contribution in [3.05, 3.63) is 0 Å². The van der Waals surface area contributed by atoms with Gasteiger partial charge in [0.2, 0.25) is 5.91 Å². The highest BCUT2D eigenvalue weighted by molar-refractivity contribution is 7.99. The van der Waals surface area contributed by atoms with Gasteiger partial charge >= 0.3 is 0 Å². The van der Waals surface area contributed by atoms with Crippen molar-refractivity contribution in [1.82, 2.24) is 5.32 Å². The molecule has 2 atom stereocenters. The molecule has 0 aromatic rings. The van der Waals surface area contributed by atoms with Crippen LogP contribution in [0.1, 0.15) is 0 Å². The average molecular weight is 194 g/mol. The van der Waals surface area contributed by atoms with Crippen LogP contribution in [-0.4, -0.2) is 37.6 Å². The summed E-state index contributed by atoms with van der Waals surface area (Å²) in [6, 6.07) is 0. The Morgan fingerprint density at radius 1 is 1.82 bits per heavy atom. The summed E-state index contributed by atoms with van der Waals surface area (Å²) in [4.78, 5) is 10.9. The van der Waals surface area contributed by atoms with Crippen LogP contribution in [0.4, 0.5) is 4.39 Å². The van der Waals surface area contributed by atoms with Gasteiger partial charge in [-0.05, 0) is 0 Å². The molecule has 0 aromatic carbocycles. The highest BCUT2D eigenvalue weighted by atomic mass is 32.2. The SMILES string of the molecule is BC(P)NC(=O)CSCC[18F]. The van der Waals surface area contributed by atoms with Crippen LogP contribution in [0, 0.1) is 0 Å². The molecule has 0 aliphatic heterocycles. The Hall–Kier alpha value is 0.245. The van der Waals surface area contributed by atoms with Gasteiger partial charge in [0.05, 0.1) is 12.4 Å². The molecule has 0 radical (unpaired) electrons. The molecular formula is C5H12BFNOPS. The largest absolute Gasteiger partial charge is 0.357 e. The zero-order valence-electron chi connectivity index (χ0n) is 6.47. The van der Waals surface area contributed by atoms with Crippen molar-refractivity contribution in [2.75, 3.05) is 18.2 Å².